The zero-order valence-corrected chi connectivity index (χ0v) is 20.2. The van der Waals surface area contributed by atoms with Crippen molar-refractivity contribution in [2.45, 2.75) is 32.5 Å². The monoisotopic (exact) mass is 484 g/mol. The van der Waals surface area contributed by atoms with Gasteiger partial charge in [-0.1, -0.05) is 60.2 Å². The van der Waals surface area contributed by atoms with Crippen LogP contribution in [0.4, 0.5) is 4.79 Å². The number of aryl methyl sites for hydroxylation is 1. The van der Waals surface area contributed by atoms with Gasteiger partial charge < -0.3 is 20.0 Å². The average Bonchev–Trinajstić information content (AvgIpc) is 3.52. The molecule has 0 spiro atoms. The average molecular weight is 485 g/mol. The van der Waals surface area contributed by atoms with Crippen molar-refractivity contribution in [3.8, 4) is 0 Å². The van der Waals surface area contributed by atoms with Crippen LogP contribution < -0.4 is 10.6 Å². The maximum atomic E-state index is 14.0. The number of furan rings is 1. The molecule has 2 aliphatic heterocycles. The summed E-state index contributed by atoms with van der Waals surface area (Å²) in [6, 6.07) is 18.8. The van der Waals surface area contributed by atoms with E-state index in [9.17, 15) is 14.4 Å². The third-order valence-electron chi connectivity index (χ3n) is 6.67. The fraction of sp³-hybridized carbons (Fsp3) is 0.250. The topological polar surface area (TPSA) is 94.9 Å². The van der Waals surface area contributed by atoms with Crippen LogP contribution in [0.3, 0.4) is 0 Å². The number of carbonyl (C=O) groups excluding carboxylic acids is 3. The molecular formula is C28H28N4O4. The van der Waals surface area contributed by atoms with Gasteiger partial charge >= 0.3 is 6.03 Å². The molecule has 2 aromatic carbocycles. The Morgan fingerprint density at radius 1 is 1.08 bits per heavy atom. The Labute approximate surface area is 209 Å². The third kappa shape index (κ3) is 4.26. The summed E-state index contributed by atoms with van der Waals surface area (Å²) in [4.78, 5) is 43.7. The smallest absolute Gasteiger partial charge is 0.322 e. The molecule has 8 nitrogen and oxygen atoms in total. The van der Waals surface area contributed by atoms with Gasteiger partial charge in [0, 0.05) is 6.54 Å². The Kier molecular flexibility index (Phi) is 6.33. The van der Waals surface area contributed by atoms with Crippen LogP contribution in [-0.2, 0) is 16.1 Å². The fourth-order valence-corrected chi connectivity index (χ4v) is 4.86. The lowest BCUT2D eigenvalue weighted by molar-refractivity contribution is -0.136. The summed E-state index contributed by atoms with van der Waals surface area (Å²) < 4.78 is 5.35. The van der Waals surface area contributed by atoms with E-state index in [1.165, 1.54) is 0 Å². The maximum absolute atomic E-state index is 14.0. The molecule has 0 radical (unpaired) electrons. The van der Waals surface area contributed by atoms with Crippen molar-refractivity contribution in [1.82, 2.24) is 20.4 Å². The van der Waals surface area contributed by atoms with Gasteiger partial charge in [-0.2, -0.15) is 0 Å². The Balaban J connectivity index is 1.51. The number of nitrogens with zero attached hydrogens (tertiary/aromatic N) is 2. The number of nitrogens with one attached hydrogen (secondary N) is 2. The van der Waals surface area contributed by atoms with E-state index in [1.54, 1.807) is 28.2 Å². The molecule has 3 aromatic rings. The Morgan fingerprint density at radius 3 is 2.50 bits per heavy atom. The SMILES string of the molecule is CCN1C(=O)NC(c2ccc(C)cc2)C2=C1CN(C(C(=O)NCc1ccco1)c1ccccc1)C2=O. The lowest BCUT2D eigenvalue weighted by Gasteiger charge is -2.33. The second kappa shape index (κ2) is 9.73. The third-order valence-corrected chi connectivity index (χ3v) is 6.67. The van der Waals surface area contributed by atoms with Crippen LogP contribution in [0.25, 0.3) is 0 Å². The van der Waals surface area contributed by atoms with Gasteiger partial charge in [0.05, 0.1) is 36.7 Å². The molecule has 2 N–H and O–H groups in total. The van der Waals surface area contributed by atoms with Crippen LogP contribution in [0.1, 0.15) is 41.5 Å². The highest BCUT2D eigenvalue weighted by molar-refractivity contribution is 6.03. The van der Waals surface area contributed by atoms with Crippen molar-refractivity contribution in [2.75, 3.05) is 13.1 Å². The molecule has 5 rings (SSSR count). The number of carbonyl (C=O) groups is 3. The molecule has 0 saturated carbocycles. The number of hydrogen-bond acceptors (Lipinski definition) is 4. The lowest BCUT2D eigenvalue weighted by Crippen LogP contribution is -2.47. The second-order valence-corrected chi connectivity index (χ2v) is 8.94. The summed E-state index contributed by atoms with van der Waals surface area (Å²) in [5, 5.41) is 5.90. The van der Waals surface area contributed by atoms with Crippen LogP contribution >= 0.6 is 0 Å². The van der Waals surface area contributed by atoms with E-state index in [1.807, 2.05) is 68.4 Å². The van der Waals surface area contributed by atoms with Crippen LogP contribution in [0.15, 0.2) is 88.7 Å². The molecule has 4 amide bonds. The van der Waals surface area contributed by atoms with Gasteiger partial charge in [0.2, 0.25) is 5.91 Å². The van der Waals surface area contributed by atoms with Crippen molar-refractivity contribution in [3.63, 3.8) is 0 Å². The number of urea groups is 1. The number of amides is 4. The molecule has 2 atom stereocenters. The molecule has 184 valence electrons. The van der Waals surface area contributed by atoms with E-state index >= 15 is 0 Å². The van der Waals surface area contributed by atoms with Crippen LogP contribution in [0.5, 0.6) is 0 Å². The van der Waals surface area contributed by atoms with Crippen molar-refractivity contribution in [3.05, 3.63) is 107 Å². The molecule has 0 fully saturated rings. The molecule has 0 bridgehead atoms. The molecule has 8 heteroatoms. The zero-order chi connectivity index (χ0) is 25.2. The summed E-state index contributed by atoms with van der Waals surface area (Å²) in [6.45, 7) is 4.63. The van der Waals surface area contributed by atoms with Crippen molar-refractivity contribution >= 4 is 17.8 Å². The van der Waals surface area contributed by atoms with Crippen molar-refractivity contribution in [2.24, 2.45) is 0 Å². The highest BCUT2D eigenvalue weighted by atomic mass is 16.3. The Morgan fingerprint density at radius 2 is 1.83 bits per heavy atom. The minimum absolute atomic E-state index is 0.158. The van der Waals surface area contributed by atoms with E-state index in [2.05, 4.69) is 10.6 Å². The molecule has 0 aliphatic carbocycles. The van der Waals surface area contributed by atoms with Gasteiger partial charge in [0.15, 0.2) is 0 Å². The largest absolute Gasteiger partial charge is 0.467 e. The molecule has 2 aliphatic rings. The van der Waals surface area contributed by atoms with Crippen LogP contribution in [-0.4, -0.2) is 40.7 Å². The highest BCUT2D eigenvalue weighted by Gasteiger charge is 2.47. The van der Waals surface area contributed by atoms with E-state index in [0.717, 1.165) is 11.1 Å². The van der Waals surface area contributed by atoms with E-state index in [-0.39, 0.29) is 30.9 Å². The van der Waals surface area contributed by atoms with Crippen LogP contribution in [0, 0.1) is 6.92 Å². The van der Waals surface area contributed by atoms with Crippen molar-refractivity contribution < 1.29 is 18.8 Å². The van der Waals surface area contributed by atoms with E-state index < -0.39 is 12.1 Å². The maximum Gasteiger partial charge on any atom is 0.322 e. The summed E-state index contributed by atoms with van der Waals surface area (Å²) >= 11 is 0. The molecule has 1 aromatic heterocycles. The first kappa shape index (κ1) is 23.4. The highest BCUT2D eigenvalue weighted by Crippen LogP contribution is 2.39. The van der Waals surface area contributed by atoms with Gasteiger partial charge in [0.1, 0.15) is 11.8 Å². The molecular weight excluding hydrogens is 456 g/mol. The van der Waals surface area contributed by atoms with Gasteiger partial charge in [-0.3, -0.25) is 14.5 Å². The minimum Gasteiger partial charge on any atom is -0.467 e. The summed E-state index contributed by atoms with van der Waals surface area (Å²) in [6.07, 6.45) is 1.55. The zero-order valence-electron chi connectivity index (χ0n) is 20.2. The second-order valence-electron chi connectivity index (χ2n) is 8.94. The normalized spacial score (nSPS) is 18.2. The van der Waals surface area contributed by atoms with Gasteiger partial charge in [0.25, 0.3) is 5.91 Å². The minimum atomic E-state index is -0.869. The van der Waals surface area contributed by atoms with Gasteiger partial charge in [-0.15, -0.1) is 0 Å². The predicted molar refractivity (Wildman–Crippen MR) is 133 cm³/mol. The summed E-state index contributed by atoms with van der Waals surface area (Å²) in [5.41, 5.74) is 3.74. The summed E-state index contributed by atoms with van der Waals surface area (Å²) in [5.74, 6) is 0.0303. The predicted octanol–water partition coefficient (Wildman–Crippen LogP) is 3.83. The number of likely N-dealkylation sites (N-methyl/N-ethyl adjacent to an activating group) is 1. The van der Waals surface area contributed by atoms with E-state index in [4.69, 9.17) is 4.42 Å². The number of rotatable bonds is 7. The fourth-order valence-electron chi connectivity index (χ4n) is 4.86. The molecule has 2 unspecified atom stereocenters. The lowest BCUT2D eigenvalue weighted by atomic mass is 9.95. The first-order valence-electron chi connectivity index (χ1n) is 12.0. The standard InChI is InChI=1S/C28H28N4O4/c1-3-31-22-17-32(27(34)23(22)24(30-28(31)35)19-13-11-18(2)12-14-19)25(20-8-5-4-6-9-20)26(33)29-16-21-10-7-15-36-21/h4-15,24-25H,3,16-17H2,1-2H3,(H,29,33)(H,30,35). The first-order valence-corrected chi connectivity index (χ1v) is 12.0. The quantitative estimate of drug-likeness (QED) is 0.533. The van der Waals surface area contributed by atoms with Gasteiger partial charge in [-0.05, 0) is 37.1 Å². The van der Waals surface area contributed by atoms with Crippen molar-refractivity contribution in [1.29, 1.82) is 0 Å². The first-order chi connectivity index (χ1) is 17.5. The van der Waals surface area contributed by atoms with Crippen LogP contribution in [0.2, 0.25) is 0 Å². The number of hydrogen-bond donors (Lipinski definition) is 2. The van der Waals surface area contributed by atoms with Gasteiger partial charge in [-0.25, -0.2) is 4.79 Å². The Bertz CT molecular complexity index is 1300. The molecule has 3 heterocycles. The number of benzene rings is 2. The molecule has 0 saturated heterocycles. The molecule has 36 heavy (non-hydrogen) atoms. The Hall–Kier alpha value is -4.33. The summed E-state index contributed by atoms with van der Waals surface area (Å²) in [7, 11) is 0. The van der Waals surface area contributed by atoms with E-state index in [0.29, 0.717) is 29.1 Å².